The lowest BCUT2D eigenvalue weighted by Crippen LogP contribution is -2.31. The number of fused-ring (bicyclic) bond motifs is 2. The number of amides is 1. The molecule has 0 spiro atoms. The molecule has 1 unspecified atom stereocenters. The van der Waals surface area contributed by atoms with E-state index in [1.165, 1.54) is 22.6 Å². The van der Waals surface area contributed by atoms with E-state index in [1.807, 2.05) is 18.2 Å². The van der Waals surface area contributed by atoms with Crippen LogP contribution in [0.25, 0.3) is 21.5 Å². The standard InChI is InChI=1S/C27H27NO5S/c1-4-18(2)19-11-12-21-16-22(14-13-20(21)15-19)33-17-27(29)28(3)25-9-5-8-24-23(25)7-6-10-26(24)34(30,31)32/h5-16,18H,4,17H2,1-3H3,(H,30,31,32). The summed E-state index contributed by atoms with van der Waals surface area (Å²) in [4.78, 5) is 14.1. The minimum atomic E-state index is -4.39. The first-order valence-corrected chi connectivity index (χ1v) is 12.6. The molecule has 1 N–H and O–H groups in total. The van der Waals surface area contributed by atoms with Crippen LogP contribution in [0.15, 0.2) is 77.7 Å². The van der Waals surface area contributed by atoms with Crippen molar-refractivity contribution in [1.82, 2.24) is 0 Å². The summed E-state index contributed by atoms with van der Waals surface area (Å²) < 4.78 is 38.8. The molecule has 176 valence electrons. The van der Waals surface area contributed by atoms with E-state index in [-0.39, 0.29) is 17.4 Å². The lowest BCUT2D eigenvalue weighted by atomic mass is 9.96. The summed E-state index contributed by atoms with van der Waals surface area (Å²) in [5.74, 6) is 0.796. The molecule has 0 aromatic heterocycles. The zero-order valence-corrected chi connectivity index (χ0v) is 20.2. The first-order valence-electron chi connectivity index (χ1n) is 11.1. The molecule has 0 aliphatic heterocycles. The van der Waals surface area contributed by atoms with Gasteiger partial charge in [-0.1, -0.05) is 62.4 Å². The Kier molecular flexibility index (Phi) is 6.59. The van der Waals surface area contributed by atoms with Gasteiger partial charge in [-0.05, 0) is 52.9 Å². The van der Waals surface area contributed by atoms with Crippen molar-refractivity contribution in [3.63, 3.8) is 0 Å². The van der Waals surface area contributed by atoms with Gasteiger partial charge in [0.1, 0.15) is 10.6 Å². The fourth-order valence-electron chi connectivity index (χ4n) is 4.03. The van der Waals surface area contributed by atoms with Gasteiger partial charge >= 0.3 is 0 Å². The number of nitrogens with zero attached hydrogens (tertiary/aromatic N) is 1. The van der Waals surface area contributed by atoms with Gasteiger partial charge in [0.05, 0.1) is 5.69 Å². The van der Waals surface area contributed by atoms with E-state index in [0.717, 1.165) is 17.2 Å². The topological polar surface area (TPSA) is 83.9 Å². The lowest BCUT2D eigenvalue weighted by molar-refractivity contribution is -0.120. The summed E-state index contributed by atoms with van der Waals surface area (Å²) in [6.07, 6.45) is 1.08. The highest BCUT2D eigenvalue weighted by molar-refractivity contribution is 7.86. The Labute approximate surface area is 199 Å². The van der Waals surface area contributed by atoms with Gasteiger partial charge in [-0.2, -0.15) is 8.42 Å². The summed E-state index contributed by atoms with van der Waals surface area (Å²) in [6, 6.07) is 21.7. The molecule has 0 heterocycles. The Morgan fingerprint density at radius 2 is 1.65 bits per heavy atom. The van der Waals surface area contributed by atoms with Gasteiger partial charge in [0.2, 0.25) is 0 Å². The highest BCUT2D eigenvalue weighted by atomic mass is 32.2. The third-order valence-corrected chi connectivity index (χ3v) is 7.16. The summed E-state index contributed by atoms with van der Waals surface area (Å²) >= 11 is 0. The van der Waals surface area contributed by atoms with Gasteiger partial charge in [0.25, 0.3) is 16.0 Å². The molecule has 0 fully saturated rings. The van der Waals surface area contributed by atoms with Crippen LogP contribution in [0.3, 0.4) is 0 Å². The minimum Gasteiger partial charge on any atom is -0.484 e. The predicted molar refractivity (Wildman–Crippen MR) is 135 cm³/mol. The van der Waals surface area contributed by atoms with Gasteiger partial charge in [-0.15, -0.1) is 0 Å². The average Bonchev–Trinajstić information content (AvgIpc) is 2.84. The van der Waals surface area contributed by atoms with Crippen LogP contribution in [0.2, 0.25) is 0 Å². The number of carbonyl (C=O) groups excluding carboxylic acids is 1. The predicted octanol–water partition coefficient (Wildman–Crippen LogP) is 5.80. The van der Waals surface area contributed by atoms with Gasteiger partial charge < -0.3 is 9.64 Å². The molecular formula is C27H27NO5S. The summed E-state index contributed by atoms with van der Waals surface area (Å²) in [5, 5.41) is 3.04. The highest BCUT2D eigenvalue weighted by Crippen LogP contribution is 2.31. The third-order valence-electron chi connectivity index (χ3n) is 6.25. The van der Waals surface area contributed by atoms with E-state index in [9.17, 15) is 17.8 Å². The van der Waals surface area contributed by atoms with Crippen molar-refractivity contribution in [2.24, 2.45) is 0 Å². The molecule has 4 rings (SSSR count). The fraction of sp³-hybridized carbons (Fsp3) is 0.222. The molecule has 0 aliphatic rings. The van der Waals surface area contributed by atoms with E-state index >= 15 is 0 Å². The molecule has 1 atom stereocenters. The van der Waals surface area contributed by atoms with Gasteiger partial charge in [0, 0.05) is 17.8 Å². The Balaban J connectivity index is 1.53. The van der Waals surface area contributed by atoms with Gasteiger partial charge in [-0.3, -0.25) is 9.35 Å². The molecule has 4 aromatic carbocycles. The Hall–Kier alpha value is -3.42. The quantitative estimate of drug-likeness (QED) is 0.340. The molecule has 6 nitrogen and oxygen atoms in total. The fourth-order valence-corrected chi connectivity index (χ4v) is 4.74. The average molecular weight is 478 g/mol. The van der Waals surface area contributed by atoms with Crippen molar-refractivity contribution in [3.8, 4) is 5.75 Å². The number of benzene rings is 4. The minimum absolute atomic E-state index is 0.179. The van der Waals surface area contributed by atoms with Crippen LogP contribution in [0.1, 0.15) is 31.7 Å². The number of carbonyl (C=O) groups is 1. The Morgan fingerprint density at radius 1 is 0.971 bits per heavy atom. The maximum atomic E-state index is 12.9. The molecule has 1 amide bonds. The second kappa shape index (κ2) is 9.44. The maximum Gasteiger partial charge on any atom is 0.295 e. The van der Waals surface area contributed by atoms with E-state index in [4.69, 9.17) is 4.74 Å². The molecule has 0 saturated carbocycles. The van der Waals surface area contributed by atoms with Crippen molar-refractivity contribution in [1.29, 1.82) is 0 Å². The molecule has 0 aliphatic carbocycles. The number of hydrogen-bond acceptors (Lipinski definition) is 4. The van der Waals surface area contributed by atoms with Gasteiger partial charge in [-0.25, -0.2) is 0 Å². The van der Waals surface area contributed by atoms with Crippen molar-refractivity contribution >= 4 is 43.3 Å². The molecule has 34 heavy (non-hydrogen) atoms. The number of likely N-dealkylation sites (N-methyl/N-ethyl adjacent to an activating group) is 1. The van der Waals surface area contributed by atoms with Crippen LogP contribution < -0.4 is 9.64 Å². The van der Waals surface area contributed by atoms with E-state index in [0.29, 0.717) is 28.1 Å². The van der Waals surface area contributed by atoms with Crippen LogP contribution in [0.4, 0.5) is 5.69 Å². The molecule has 7 heteroatoms. The number of ether oxygens (including phenoxy) is 1. The molecule has 4 aromatic rings. The molecule has 0 bridgehead atoms. The zero-order valence-electron chi connectivity index (χ0n) is 19.4. The SMILES string of the molecule is CCC(C)c1ccc2cc(OCC(=O)N(C)c3cccc4c(S(=O)(=O)O)cccc34)ccc2c1. The van der Waals surface area contributed by atoms with E-state index in [1.54, 1.807) is 31.3 Å². The van der Waals surface area contributed by atoms with Crippen molar-refractivity contribution in [2.75, 3.05) is 18.6 Å². The van der Waals surface area contributed by atoms with Crippen LogP contribution in [0.5, 0.6) is 5.75 Å². The van der Waals surface area contributed by atoms with Crippen LogP contribution in [-0.4, -0.2) is 32.5 Å². The maximum absolute atomic E-state index is 12.9. The second-order valence-electron chi connectivity index (χ2n) is 8.42. The normalized spacial score (nSPS) is 12.6. The van der Waals surface area contributed by atoms with Crippen LogP contribution in [0, 0.1) is 0 Å². The zero-order chi connectivity index (χ0) is 24.5. The third kappa shape index (κ3) is 4.76. The largest absolute Gasteiger partial charge is 0.484 e. The summed E-state index contributed by atoms with van der Waals surface area (Å²) in [7, 11) is -2.79. The van der Waals surface area contributed by atoms with Crippen LogP contribution >= 0.6 is 0 Å². The number of hydrogen-bond donors (Lipinski definition) is 1. The Bertz CT molecular complexity index is 1480. The van der Waals surface area contributed by atoms with Crippen molar-refractivity contribution in [2.45, 2.75) is 31.1 Å². The molecule has 0 radical (unpaired) electrons. The smallest absolute Gasteiger partial charge is 0.295 e. The van der Waals surface area contributed by atoms with E-state index in [2.05, 4.69) is 32.0 Å². The van der Waals surface area contributed by atoms with Crippen molar-refractivity contribution < 1.29 is 22.5 Å². The highest BCUT2D eigenvalue weighted by Gasteiger charge is 2.19. The van der Waals surface area contributed by atoms with E-state index < -0.39 is 10.1 Å². The Morgan fingerprint density at radius 3 is 2.38 bits per heavy atom. The summed E-state index contributed by atoms with van der Waals surface area (Å²) in [5.41, 5.74) is 1.82. The monoisotopic (exact) mass is 477 g/mol. The number of anilines is 1. The first kappa shape index (κ1) is 23.7. The van der Waals surface area contributed by atoms with Crippen LogP contribution in [-0.2, 0) is 14.9 Å². The lowest BCUT2D eigenvalue weighted by Gasteiger charge is -2.20. The first-order chi connectivity index (χ1) is 16.2. The van der Waals surface area contributed by atoms with Gasteiger partial charge in [0.15, 0.2) is 6.61 Å². The molecule has 0 saturated heterocycles. The number of rotatable bonds is 7. The summed E-state index contributed by atoms with van der Waals surface area (Å²) in [6.45, 7) is 4.20. The van der Waals surface area contributed by atoms with Crippen molar-refractivity contribution in [3.05, 3.63) is 78.4 Å². The second-order valence-corrected chi connectivity index (χ2v) is 9.81. The molecular weight excluding hydrogens is 450 g/mol.